The van der Waals surface area contributed by atoms with Gasteiger partial charge in [-0.1, -0.05) is 33.3 Å². The van der Waals surface area contributed by atoms with Gasteiger partial charge in [0, 0.05) is 18.8 Å². The van der Waals surface area contributed by atoms with Crippen LogP contribution < -0.4 is 10.6 Å². The van der Waals surface area contributed by atoms with Crippen molar-refractivity contribution in [3.05, 3.63) is 23.8 Å². The normalized spacial score (nSPS) is 25.4. The maximum absolute atomic E-state index is 13.2. The third-order valence-electron chi connectivity index (χ3n) is 7.71. The van der Waals surface area contributed by atoms with Crippen molar-refractivity contribution in [1.82, 2.24) is 14.5 Å². The quantitative estimate of drug-likeness (QED) is 0.384. The van der Waals surface area contributed by atoms with E-state index in [4.69, 9.17) is 4.74 Å². The highest BCUT2D eigenvalue weighted by molar-refractivity contribution is 7.89. The lowest BCUT2D eigenvalue weighted by atomic mass is 9.64. The summed E-state index contributed by atoms with van der Waals surface area (Å²) in [4.78, 5) is 51.8. The van der Waals surface area contributed by atoms with Gasteiger partial charge in [-0.15, -0.1) is 0 Å². The molecule has 0 unspecified atom stereocenters. The average molecular weight is 563 g/mol. The molecule has 1 aliphatic carbocycles. The number of piperidine rings is 1. The molecule has 0 aromatic heterocycles. The van der Waals surface area contributed by atoms with Crippen LogP contribution >= 0.6 is 0 Å². The summed E-state index contributed by atoms with van der Waals surface area (Å²) in [6.07, 6.45) is 4.53. The van der Waals surface area contributed by atoms with Crippen LogP contribution in [0.15, 0.2) is 23.1 Å². The number of esters is 1. The van der Waals surface area contributed by atoms with Gasteiger partial charge in [0.05, 0.1) is 4.90 Å². The van der Waals surface area contributed by atoms with E-state index in [1.807, 2.05) is 6.92 Å². The Morgan fingerprint density at radius 2 is 1.82 bits per heavy atom. The number of rotatable bonds is 7. The number of ether oxygens (including phenoxy) is 1. The van der Waals surface area contributed by atoms with Crippen molar-refractivity contribution in [1.29, 1.82) is 0 Å². The molecule has 1 aromatic carbocycles. The fourth-order valence-electron chi connectivity index (χ4n) is 6.31. The molecule has 0 bridgehead atoms. The molecular formula is C27H38N4O7S. The first-order valence-electron chi connectivity index (χ1n) is 13.4. The highest BCUT2D eigenvalue weighted by atomic mass is 32.2. The zero-order chi connectivity index (χ0) is 28.6. The summed E-state index contributed by atoms with van der Waals surface area (Å²) in [5.41, 5.74) is -0.245. The van der Waals surface area contributed by atoms with Gasteiger partial charge >= 0.3 is 12.0 Å². The van der Waals surface area contributed by atoms with Gasteiger partial charge in [-0.25, -0.2) is 13.2 Å². The minimum absolute atomic E-state index is 0.0787. The van der Waals surface area contributed by atoms with Crippen molar-refractivity contribution >= 4 is 39.5 Å². The van der Waals surface area contributed by atoms with Gasteiger partial charge in [-0.3, -0.25) is 19.3 Å². The molecule has 3 fully saturated rings. The second kappa shape index (κ2) is 10.9. The Labute approximate surface area is 229 Å². The fraction of sp³-hybridized carbons (Fsp3) is 0.630. The Balaban J connectivity index is 1.34. The molecule has 2 atom stereocenters. The first kappa shape index (κ1) is 29.0. The molecule has 3 aliphatic rings. The highest BCUT2D eigenvalue weighted by Gasteiger charge is 2.56. The van der Waals surface area contributed by atoms with Gasteiger partial charge in [0.25, 0.3) is 11.8 Å². The molecular weight excluding hydrogens is 524 g/mol. The number of aryl methyl sites for hydroxylation is 1. The van der Waals surface area contributed by atoms with Crippen LogP contribution in [0.25, 0.3) is 0 Å². The maximum Gasteiger partial charge on any atom is 0.326 e. The number of carbonyl (C=O) groups excluding carboxylic acids is 4. The second-order valence-corrected chi connectivity index (χ2v) is 13.8. The first-order chi connectivity index (χ1) is 18.2. The van der Waals surface area contributed by atoms with Crippen LogP contribution in [0.5, 0.6) is 0 Å². The predicted octanol–water partition coefficient (Wildman–Crippen LogP) is 2.79. The molecule has 1 spiro atoms. The van der Waals surface area contributed by atoms with Crippen LogP contribution in [0.2, 0.25) is 0 Å². The zero-order valence-corrected chi connectivity index (χ0v) is 23.9. The lowest BCUT2D eigenvalue weighted by Crippen LogP contribution is -2.54. The van der Waals surface area contributed by atoms with E-state index in [0.29, 0.717) is 37.2 Å². The summed E-state index contributed by atoms with van der Waals surface area (Å²) < 4.78 is 32.5. The van der Waals surface area contributed by atoms with E-state index in [-0.39, 0.29) is 16.2 Å². The minimum Gasteiger partial charge on any atom is -0.454 e. The lowest BCUT2D eigenvalue weighted by Gasteiger charge is -2.43. The van der Waals surface area contributed by atoms with Gasteiger partial charge < -0.3 is 15.4 Å². The van der Waals surface area contributed by atoms with Crippen LogP contribution in [0.3, 0.4) is 0 Å². The van der Waals surface area contributed by atoms with Gasteiger partial charge in [-0.2, -0.15) is 4.31 Å². The zero-order valence-electron chi connectivity index (χ0n) is 23.0. The Kier molecular flexibility index (Phi) is 8.09. The molecule has 4 rings (SSSR count). The number of imide groups is 1. The molecule has 0 radical (unpaired) electrons. The monoisotopic (exact) mass is 562 g/mol. The number of hydrogen-bond acceptors (Lipinski definition) is 7. The van der Waals surface area contributed by atoms with Gasteiger partial charge in [0.2, 0.25) is 10.0 Å². The molecule has 12 heteroatoms. The molecule has 1 saturated carbocycles. The predicted molar refractivity (Wildman–Crippen MR) is 143 cm³/mol. The third-order valence-corrected chi connectivity index (χ3v) is 9.61. The molecule has 2 heterocycles. The smallest absolute Gasteiger partial charge is 0.326 e. The van der Waals surface area contributed by atoms with Crippen LogP contribution in [0.1, 0.15) is 64.9 Å². The van der Waals surface area contributed by atoms with E-state index in [1.165, 1.54) is 16.4 Å². The molecule has 2 N–H and O–H groups in total. The van der Waals surface area contributed by atoms with Crippen molar-refractivity contribution in [3.8, 4) is 0 Å². The van der Waals surface area contributed by atoms with E-state index in [0.717, 1.165) is 30.6 Å². The number of amides is 4. The van der Waals surface area contributed by atoms with E-state index in [2.05, 4.69) is 24.5 Å². The maximum atomic E-state index is 13.2. The second-order valence-electron chi connectivity index (χ2n) is 11.9. The molecule has 39 heavy (non-hydrogen) atoms. The summed E-state index contributed by atoms with van der Waals surface area (Å²) in [6, 6.07) is 3.87. The Hall–Kier alpha value is -2.99. The first-order valence-corrected chi connectivity index (χ1v) is 14.9. The van der Waals surface area contributed by atoms with Crippen molar-refractivity contribution in [2.75, 3.05) is 31.6 Å². The summed E-state index contributed by atoms with van der Waals surface area (Å²) in [7, 11) is -3.69. The summed E-state index contributed by atoms with van der Waals surface area (Å²) in [6.45, 7) is 7.54. The summed E-state index contributed by atoms with van der Waals surface area (Å²) >= 11 is 0. The molecule has 214 valence electrons. The number of sulfonamides is 1. The Morgan fingerprint density at radius 1 is 1.13 bits per heavy atom. The standard InChI is InChI=1S/C27H38N4O7S/c1-18-13-26(3,4)17-27(14-18)24(34)31(25(35)29-27)15-23(33)38-16-22(32)28-21-12-20(9-8-19(21)2)39(36,37)30-10-6-5-7-11-30/h8-9,12,18H,5-7,10-11,13-17H2,1-4H3,(H,28,32)(H,29,35)/t18-,27-/m1/s1. The van der Waals surface area contributed by atoms with Gasteiger partial charge in [-0.05, 0) is 68.1 Å². The number of carbonyl (C=O) groups is 4. The van der Waals surface area contributed by atoms with Crippen LogP contribution in [0.4, 0.5) is 10.5 Å². The van der Waals surface area contributed by atoms with Gasteiger partial charge in [0.1, 0.15) is 12.1 Å². The molecule has 2 aliphatic heterocycles. The van der Waals surface area contributed by atoms with E-state index in [9.17, 15) is 27.6 Å². The topological polar surface area (TPSA) is 142 Å². The minimum atomic E-state index is -3.69. The van der Waals surface area contributed by atoms with Crippen LogP contribution in [0, 0.1) is 18.3 Å². The highest BCUT2D eigenvalue weighted by Crippen LogP contribution is 2.46. The average Bonchev–Trinajstić information content (AvgIpc) is 3.06. The molecule has 2 saturated heterocycles. The number of hydrogen-bond donors (Lipinski definition) is 2. The number of urea groups is 1. The van der Waals surface area contributed by atoms with E-state index < -0.39 is 52.5 Å². The number of nitrogens with zero attached hydrogens (tertiary/aromatic N) is 2. The number of anilines is 1. The Bertz CT molecular complexity index is 1270. The van der Waals surface area contributed by atoms with Crippen molar-refractivity contribution in [2.45, 2.75) is 76.7 Å². The van der Waals surface area contributed by atoms with Crippen molar-refractivity contribution in [3.63, 3.8) is 0 Å². The van der Waals surface area contributed by atoms with E-state index in [1.54, 1.807) is 13.0 Å². The van der Waals surface area contributed by atoms with Gasteiger partial charge in [0.15, 0.2) is 6.61 Å². The summed E-state index contributed by atoms with van der Waals surface area (Å²) in [5.74, 6) is -1.79. The largest absolute Gasteiger partial charge is 0.454 e. The Morgan fingerprint density at radius 3 is 2.49 bits per heavy atom. The van der Waals surface area contributed by atoms with E-state index >= 15 is 0 Å². The van der Waals surface area contributed by atoms with Crippen molar-refractivity contribution in [2.24, 2.45) is 11.3 Å². The van der Waals surface area contributed by atoms with Crippen molar-refractivity contribution < 1.29 is 32.3 Å². The fourth-order valence-corrected chi connectivity index (χ4v) is 7.85. The number of benzene rings is 1. The SMILES string of the molecule is Cc1ccc(S(=O)(=O)N2CCCCC2)cc1NC(=O)COC(=O)CN1C(=O)N[C@@]2(C[C@H](C)CC(C)(C)C2)C1=O. The third kappa shape index (κ3) is 6.27. The molecule has 4 amide bonds. The number of nitrogens with one attached hydrogen (secondary N) is 2. The van der Waals surface area contributed by atoms with Crippen LogP contribution in [-0.4, -0.2) is 73.2 Å². The molecule has 11 nitrogen and oxygen atoms in total. The van der Waals surface area contributed by atoms with Crippen LogP contribution in [-0.2, 0) is 29.1 Å². The molecule has 1 aromatic rings. The lowest BCUT2D eigenvalue weighted by molar-refractivity contribution is -0.150. The summed E-state index contributed by atoms with van der Waals surface area (Å²) in [5, 5.41) is 5.40.